The van der Waals surface area contributed by atoms with Crippen molar-refractivity contribution in [3.05, 3.63) is 0 Å². The predicted molar refractivity (Wildman–Crippen MR) is 83.0 cm³/mol. The summed E-state index contributed by atoms with van der Waals surface area (Å²) >= 11 is 0. The molecule has 4 nitrogen and oxygen atoms in total. The lowest BCUT2D eigenvalue weighted by atomic mass is 9.77. The molecule has 0 spiro atoms. The van der Waals surface area contributed by atoms with E-state index in [4.69, 9.17) is 5.11 Å². The molecule has 0 aromatic carbocycles. The second-order valence-electron chi connectivity index (χ2n) is 7.07. The van der Waals surface area contributed by atoms with Gasteiger partial charge in [0.25, 0.3) is 0 Å². The zero-order valence-electron chi connectivity index (χ0n) is 13.6. The van der Waals surface area contributed by atoms with Crippen molar-refractivity contribution < 1.29 is 9.90 Å². The number of carboxylic acid groups (broad SMARTS) is 1. The van der Waals surface area contributed by atoms with Crippen molar-refractivity contribution in [3.63, 3.8) is 0 Å². The fraction of sp³-hybridized carbons (Fsp3) is 0.938. The van der Waals surface area contributed by atoms with Gasteiger partial charge < -0.3 is 15.3 Å². The highest BCUT2D eigenvalue weighted by atomic mass is 16.4. The van der Waals surface area contributed by atoms with Gasteiger partial charge in [-0.25, -0.2) is 0 Å². The third kappa shape index (κ3) is 5.80. The molecule has 118 valence electrons. The van der Waals surface area contributed by atoms with Gasteiger partial charge in [0.05, 0.1) is 0 Å². The molecular formula is C16H32N2O2. The quantitative estimate of drug-likeness (QED) is 0.787. The van der Waals surface area contributed by atoms with Crippen LogP contribution in [-0.4, -0.2) is 48.2 Å². The van der Waals surface area contributed by atoms with Crippen LogP contribution in [0.15, 0.2) is 0 Å². The smallest absolute Gasteiger partial charge is 0.320 e. The van der Waals surface area contributed by atoms with E-state index in [1.165, 1.54) is 19.3 Å². The molecule has 20 heavy (non-hydrogen) atoms. The summed E-state index contributed by atoms with van der Waals surface area (Å²) < 4.78 is 0. The highest BCUT2D eigenvalue weighted by molar-refractivity contribution is 5.73. The topological polar surface area (TPSA) is 52.6 Å². The fourth-order valence-electron chi connectivity index (χ4n) is 3.12. The summed E-state index contributed by atoms with van der Waals surface area (Å²) in [4.78, 5) is 13.6. The average molecular weight is 284 g/mol. The first-order valence-corrected chi connectivity index (χ1v) is 8.03. The van der Waals surface area contributed by atoms with Gasteiger partial charge in [0.2, 0.25) is 0 Å². The molecule has 4 heteroatoms. The highest BCUT2D eigenvalue weighted by Crippen LogP contribution is 2.34. The number of nitrogens with zero attached hydrogens (tertiary/aromatic N) is 1. The molecule has 1 fully saturated rings. The number of hydrogen-bond acceptors (Lipinski definition) is 3. The van der Waals surface area contributed by atoms with Crippen LogP contribution >= 0.6 is 0 Å². The number of carbonyl (C=O) groups is 1. The van der Waals surface area contributed by atoms with Gasteiger partial charge in [-0.3, -0.25) is 4.79 Å². The molecule has 0 bridgehead atoms. The molecule has 0 saturated carbocycles. The second-order valence-corrected chi connectivity index (χ2v) is 7.07. The summed E-state index contributed by atoms with van der Waals surface area (Å²) in [6.45, 7) is 12.8. The molecule has 0 aliphatic carbocycles. The van der Waals surface area contributed by atoms with Crippen LogP contribution < -0.4 is 5.32 Å². The Balaban J connectivity index is 2.40. The first-order chi connectivity index (χ1) is 9.34. The maximum Gasteiger partial charge on any atom is 0.320 e. The summed E-state index contributed by atoms with van der Waals surface area (Å²) in [5, 5.41) is 12.2. The van der Waals surface area contributed by atoms with Crippen molar-refractivity contribution >= 4 is 5.97 Å². The largest absolute Gasteiger partial charge is 0.480 e. The summed E-state index contributed by atoms with van der Waals surface area (Å²) in [6, 6.07) is -0.401. The van der Waals surface area contributed by atoms with E-state index in [0.717, 1.165) is 25.6 Å². The monoisotopic (exact) mass is 284 g/mol. The third-order valence-corrected chi connectivity index (χ3v) is 4.53. The van der Waals surface area contributed by atoms with Crippen LogP contribution in [0.1, 0.15) is 53.4 Å². The Bertz CT molecular complexity index is 299. The van der Waals surface area contributed by atoms with Crippen molar-refractivity contribution in [2.45, 2.75) is 59.4 Å². The van der Waals surface area contributed by atoms with Gasteiger partial charge in [-0.1, -0.05) is 27.7 Å². The molecule has 2 N–H and O–H groups in total. The third-order valence-electron chi connectivity index (χ3n) is 4.53. The van der Waals surface area contributed by atoms with Gasteiger partial charge >= 0.3 is 5.97 Å². The summed E-state index contributed by atoms with van der Waals surface area (Å²) in [6.07, 6.45) is 4.47. The van der Waals surface area contributed by atoms with E-state index in [1.807, 2.05) is 6.92 Å². The van der Waals surface area contributed by atoms with E-state index in [2.05, 4.69) is 31.0 Å². The number of hydrogen-bond donors (Lipinski definition) is 2. The lowest BCUT2D eigenvalue weighted by Gasteiger charge is -2.30. The van der Waals surface area contributed by atoms with Gasteiger partial charge in [0, 0.05) is 6.54 Å². The lowest BCUT2D eigenvalue weighted by Crippen LogP contribution is -2.40. The van der Waals surface area contributed by atoms with Crippen LogP contribution in [0, 0.1) is 11.3 Å². The zero-order valence-corrected chi connectivity index (χ0v) is 13.6. The Labute approximate surface area is 123 Å². The van der Waals surface area contributed by atoms with Gasteiger partial charge in [-0.15, -0.1) is 0 Å². The van der Waals surface area contributed by atoms with Crippen molar-refractivity contribution in [1.82, 2.24) is 10.2 Å². The fourth-order valence-corrected chi connectivity index (χ4v) is 3.12. The minimum Gasteiger partial charge on any atom is -0.480 e. The maximum absolute atomic E-state index is 11.1. The van der Waals surface area contributed by atoms with E-state index in [1.54, 1.807) is 0 Å². The molecule has 1 rings (SSSR count). The Morgan fingerprint density at radius 1 is 1.35 bits per heavy atom. The molecule has 1 aliphatic rings. The first kappa shape index (κ1) is 17.4. The number of likely N-dealkylation sites (N-methyl/N-ethyl adjacent to an activating group) is 1. The SMILES string of the molecule is CCNC(CCN1CCCC(C(C)(C)C)CC1)C(=O)O. The molecule has 0 amide bonds. The number of nitrogens with one attached hydrogen (secondary N) is 1. The molecule has 0 radical (unpaired) electrons. The van der Waals surface area contributed by atoms with Crippen LogP contribution in [0.25, 0.3) is 0 Å². The van der Waals surface area contributed by atoms with E-state index in [-0.39, 0.29) is 0 Å². The second kappa shape index (κ2) is 7.99. The van der Waals surface area contributed by atoms with Crippen molar-refractivity contribution in [2.24, 2.45) is 11.3 Å². The Morgan fingerprint density at radius 3 is 2.60 bits per heavy atom. The molecule has 1 aliphatic heterocycles. The zero-order chi connectivity index (χ0) is 15.2. The molecule has 1 heterocycles. The summed E-state index contributed by atoms with van der Waals surface area (Å²) in [7, 11) is 0. The summed E-state index contributed by atoms with van der Waals surface area (Å²) in [5.41, 5.74) is 0.392. The van der Waals surface area contributed by atoms with Gasteiger partial charge in [0.1, 0.15) is 6.04 Å². The molecule has 1 saturated heterocycles. The van der Waals surface area contributed by atoms with Crippen LogP contribution in [0.3, 0.4) is 0 Å². The van der Waals surface area contributed by atoms with E-state index >= 15 is 0 Å². The molecule has 2 atom stereocenters. The van der Waals surface area contributed by atoms with Crippen molar-refractivity contribution in [3.8, 4) is 0 Å². The van der Waals surface area contributed by atoms with Gasteiger partial charge in [-0.2, -0.15) is 0 Å². The standard InChI is InChI=1S/C16H32N2O2/c1-5-17-14(15(19)20)9-12-18-10-6-7-13(8-11-18)16(2,3)4/h13-14,17H,5-12H2,1-4H3,(H,19,20). The van der Waals surface area contributed by atoms with E-state index in [0.29, 0.717) is 18.4 Å². The number of carboxylic acids is 1. The maximum atomic E-state index is 11.1. The lowest BCUT2D eigenvalue weighted by molar-refractivity contribution is -0.139. The highest BCUT2D eigenvalue weighted by Gasteiger charge is 2.27. The van der Waals surface area contributed by atoms with Crippen LogP contribution in [0.4, 0.5) is 0 Å². The summed E-state index contributed by atoms with van der Waals surface area (Å²) in [5.74, 6) is 0.0609. The Morgan fingerprint density at radius 2 is 2.05 bits per heavy atom. The number of rotatable bonds is 6. The minimum absolute atomic E-state index is 0.392. The van der Waals surface area contributed by atoms with E-state index in [9.17, 15) is 4.79 Å². The van der Waals surface area contributed by atoms with Crippen LogP contribution in [-0.2, 0) is 4.79 Å². The first-order valence-electron chi connectivity index (χ1n) is 8.03. The molecule has 2 unspecified atom stereocenters. The number of aliphatic carboxylic acids is 1. The van der Waals surface area contributed by atoms with Crippen molar-refractivity contribution in [1.29, 1.82) is 0 Å². The van der Waals surface area contributed by atoms with Crippen LogP contribution in [0.5, 0.6) is 0 Å². The van der Waals surface area contributed by atoms with Crippen LogP contribution in [0.2, 0.25) is 0 Å². The predicted octanol–water partition coefficient (Wildman–Crippen LogP) is 2.59. The van der Waals surface area contributed by atoms with E-state index < -0.39 is 12.0 Å². The Hall–Kier alpha value is -0.610. The van der Waals surface area contributed by atoms with Gasteiger partial charge in [0.15, 0.2) is 0 Å². The number of likely N-dealkylation sites (tertiary alicyclic amines) is 1. The molecule has 0 aromatic rings. The average Bonchev–Trinajstić information content (AvgIpc) is 2.59. The minimum atomic E-state index is -0.728. The van der Waals surface area contributed by atoms with Gasteiger partial charge in [-0.05, 0) is 56.7 Å². The molecule has 0 aromatic heterocycles. The molecular weight excluding hydrogens is 252 g/mol. The Kier molecular flexibility index (Phi) is 6.96. The van der Waals surface area contributed by atoms with Crippen molar-refractivity contribution in [2.75, 3.05) is 26.2 Å². The normalized spacial score (nSPS) is 23.3.